The number of carbonyl (C=O) groups is 1. The van der Waals surface area contributed by atoms with E-state index in [1.165, 1.54) is 30.3 Å². The molecule has 1 aliphatic heterocycles. The lowest BCUT2D eigenvalue weighted by molar-refractivity contribution is -0.133. The quantitative estimate of drug-likeness (QED) is 0.810. The third-order valence-electron chi connectivity index (χ3n) is 4.29. The van der Waals surface area contributed by atoms with E-state index in [-0.39, 0.29) is 23.4 Å². The van der Waals surface area contributed by atoms with Gasteiger partial charge in [0.1, 0.15) is 17.4 Å². The summed E-state index contributed by atoms with van der Waals surface area (Å²) in [5, 5.41) is -0.0420. The summed E-state index contributed by atoms with van der Waals surface area (Å²) in [6.45, 7) is 2.52. The molecule has 0 saturated carbocycles. The van der Waals surface area contributed by atoms with Crippen LogP contribution in [0.2, 0.25) is 5.02 Å². The van der Waals surface area contributed by atoms with Crippen LogP contribution in [0, 0.1) is 11.6 Å². The first-order valence-corrected chi connectivity index (χ1v) is 8.77. The first-order chi connectivity index (χ1) is 12.5. The van der Waals surface area contributed by atoms with Gasteiger partial charge in [-0.05, 0) is 42.8 Å². The Morgan fingerprint density at radius 2 is 1.81 bits per heavy atom. The summed E-state index contributed by atoms with van der Waals surface area (Å²) >= 11 is 5.70. The molecule has 1 heterocycles. The van der Waals surface area contributed by atoms with Crippen molar-refractivity contribution in [2.75, 3.05) is 37.7 Å². The third-order valence-corrected chi connectivity index (χ3v) is 4.58. The van der Waals surface area contributed by atoms with Gasteiger partial charge < -0.3 is 14.5 Å². The monoisotopic (exact) mass is 380 g/mol. The van der Waals surface area contributed by atoms with Crippen LogP contribution in [0.15, 0.2) is 42.5 Å². The fraction of sp³-hybridized carbons (Fsp3) is 0.316. The Hall–Kier alpha value is -2.34. The lowest BCUT2D eigenvalue weighted by Crippen LogP contribution is -2.38. The Morgan fingerprint density at radius 3 is 2.54 bits per heavy atom. The standard InChI is InChI=1S/C19H19ClF2N2O2/c20-17-12-16(6-7-18(17)22)26-13-19(25)24-9-1-8-23(10-11-24)15-4-2-14(21)3-5-15/h2-7,12H,1,8-11,13H2. The van der Waals surface area contributed by atoms with E-state index >= 15 is 0 Å². The van der Waals surface area contributed by atoms with Crippen LogP contribution in [0.5, 0.6) is 5.75 Å². The second-order valence-corrected chi connectivity index (χ2v) is 6.47. The second-order valence-electron chi connectivity index (χ2n) is 6.06. The summed E-state index contributed by atoms with van der Waals surface area (Å²) < 4.78 is 31.6. The molecule has 3 rings (SSSR count). The zero-order valence-electron chi connectivity index (χ0n) is 14.1. The van der Waals surface area contributed by atoms with E-state index in [1.54, 1.807) is 17.0 Å². The van der Waals surface area contributed by atoms with E-state index in [0.717, 1.165) is 18.7 Å². The third kappa shape index (κ3) is 4.64. The summed E-state index contributed by atoms with van der Waals surface area (Å²) in [5.41, 5.74) is 0.943. The normalized spacial score (nSPS) is 14.9. The predicted octanol–water partition coefficient (Wildman–Crippen LogP) is 3.74. The molecule has 1 fully saturated rings. The molecule has 138 valence electrons. The second kappa shape index (κ2) is 8.36. The topological polar surface area (TPSA) is 32.8 Å². The van der Waals surface area contributed by atoms with Gasteiger partial charge >= 0.3 is 0 Å². The van der Waals surface area contributed by atoms with Crippen LogP contribution in [-0.4, -0.2) is 43.6 Å². The minimum atomic E-state index is -0.529. The molecule has 4 nitrogen and oxygen atoms in total. The number of rotatable bonds is 4. The highest BCUT2D eigenvalue weighted by Crippen LogP contribution is 2.21. The molecule has 1 amide bonds. The lowest BCUT2D eigenvalue weighted by Gasteiger charge is -2.23. The van der Waals surface area contributed by atoms with Crippen molar-refractivity contribution in [1.29, 1.82) is 0 Å². The molecule has 0 bridgehead atoms. The number of anilines is 1. The maximum absolute atomic E-state index is 13.1. The minimum absolute atomic E-state index is 0.0420. The smallest absolute Gasteiger partial charge is 0.260 e. The molecule has 1 aliphatic rings. The molecule has 0 unspecified atom stereocenters. The molecular weight excluding hydrogens is 362 g/mol. The minimum Gasteiger partial charge on any atom is -0.484 e. The van der Waals surface area contributed by atoms with Gasteiger partial charge in [-0.2, -0.15) is 0 Å². The van der Waals surface area contributed by atoms with Crippen molar-refractivity contribution in [3.05, 3.63) is 59.1 Å². The lowest BCUT2D eigenvalue weighted by atomic mass is 10.2. The molecule has 7 heteroatoms. The van der Waals surface area contributed by atoms with Gasteiger partial charge in [-0.15, -0.1) is 0 Å². The zero-order chi connectivity index (χ0) is 18.5. The van der Waals surface area contributed by atoms with Crippen LogP contribution in [0.3, 0.4) is 0 Å². The number of halogens is 3. The summed E-state index contributed by atoms with van der Waals surface area (Å²) in [6, 6.07) is 10.3. The number of benzene rings is 2. The Labute approximate surface area is 155 Å². The summed E-state index contributed by atoms with van der Waals surface area (Å²) in [6.07, 6.45) is 0.811. The van der Waals surface area contributed by atoms with Crippen molar-refractivity contribution in [2.24, 2.45) is 0 Å². The van der Waals surface area contributed by atoms with E-state index in [1.807, 2.05) is 0 Å². The highest BCUT2D eigenvalue weighted by molar-refractivity contribution is 6.30. The van der Waals surface area contributed by atoms with Gasteiger partial charge in [-0.1, -0.05) is 11.6 Å². The predicted molar refractivity (Wildman–Crippen MR) is 96.7 cm³/mol. The van der Waals surface area contributed by atoms with Crippen molar-refractivity contribution in [1.82, 2.24) is 4.90 Å². The van der Waals surface area contributed by atoms with Gasteiger partial charge in [0, 0.05) is 37.9 Å². The fourth-order valence-corrected chi connectivity index (χ4v) is 3.05. The average molecular weight is 381 g/mol. The fourth-order valence-electron chi connectivity index (χ4n) is 2.88. The van der Waals surface area contributed by atoms with Crippen LogP contribution in [0.1, 0.15) is 6.42 Å². The van der Waals surface area contributed by atoms with Crippen molar-refractivity contribution < 1.29 is 18.3 Å². The molecule has 2 aromatic rings. The van der Waals surface area contributed by atoms with Crippen LogP contribution >= 0.6 is 11.6 Å². The maximum atomic E-state index is 13.1. The highest BCUT2D eigenvalue weighted by Gasteiger charge is 2.20. The molecule has 0 aliphatic carbocycles. The summed E-state index contributed by atoms with van der Waals surface area (Å²) in [7, 11) is 0. The Bertz CT molecular complexity index is 771. The number of nitrogens with zero attached hydrogens (tertiary/aromatic N) is 2. The molecule has 0 radical (unpaired) electrons. The number of ether oxygens (including phenoxy) is 1. The van der Waals surface area contributed by atoms with E-state index in [9.17, 15) is 13.6 Å². The van der Waals surface area contributed by atoms with Gasteiger partial charge in [0.15, 0.2) is 6.61 Å². The summed E-state index contributed by atoms with van der Waals surface area (Å²) in [4.78, 5) is 16.3. The zero-order valence-corrected chi connectivity index (χ0v) is 14.9. The van der Waals surface area contributed by atoms with Crippen molar-refractivity contribution in [3.63, 3.8) is 0 Å². The Morgan fingerprint density at radius 1 is 1.04 bits per heavy atom. The van der Waals surface area contributed by atoms with Crippen molar-refractivity contribution in [2.45, 2.75) is 6.42 Å². The number of carbonyl (C=O) groups excluding carboxylic acids is 1. The maximum Gasteiger partial charge on any atom is 0.260 e. The SMILES string of the molecule is O=C(COc1ccc(F)c(Cl)c1)N1CCCN(c2ccc(F)cc2)CC1. The first kappa shape index (κ1) is 18.5. The number of hydrogen-bond donors (Lipinski definition) is 0. The van der Waals surface area contributed by atoms with Gasteiger partial charge in [0.2, 0.25) is 0 Å². The van der Waals surface area contributed by atoms with Crippen LogP contribution in [0.4, 0.5) is 14.5 Å². The average Bonchev–Trinajstić information content (AvgIpc) is 2.89. The highest BCUT2D eigenvalue weighted by atomic mass is 35.5. The van der Waals surface area contributed by atoms with E-state index in [2.05, 4.69) is 4.90 Å². The van der Waals surface area contributed by atoms with E-state index in [4.69, 9.17) is 16.3 Å². The van der Waals surface area contributed by atoms with Crippen LogP contribution < -0.4 is 9.64 Å². The van der Waals surface area contributed by atoms with Gasteiger partial charge in [-0.25, -0.2) is 8.78 Å². The van der Waals surface area contributed by atoms with Gasteiger partial charge in [-0.3, -0.25) is 4.79 Å². The molecular formula is C19H19ClF2N2O2. The molecule has 0 atom stereocenters. The van der Waals surface area contributed by atoms with Gasteiger partial charge in [0.25, 0.3) is 5.91 Å². The number of hydrogen-bond acceptors (Lipinski definition) is 3. The van der Waals surface area contributed by atoms with Crippen LogP contribution in [-0.2, 0) is 4.79 Å². The molecule has 2 aromatic carbocycles. The van der Waals surface area contributed by atoms with Crippen molar-refractivity contribution in [3.8, 4) is 5.75 Å². The first-order valence-electron chi connectivity index (χ1n) is 8.39. The molecule has 0 aromatic heterocycles. The van der Waals surface area contributed by atoms with E-state index < -0.39 is 5.82 Å². The van der Waals surface area contributed by atoms with Gasteiger partial charge in [0.05, 0.1) is 5.02 Å². The molecule has 1 saturated heterocycles. The van der Waals surface area contributed by atoms with Crippen LogP contribution in [0.25, 0.3) is 0 Å². The Balaban J connectivity index is 1.53. The molecule has 0 N–H and O–H groups in total. The number of amides is 1. The molecule has 0 spiro atoms. The van der Waals surface area contributed by atoms with Crippen molar-refractivity contribution >= 4 is 23.2 Å². The Kier molecular flexibility index (Phi) is 5.93. The molecule has 26 heavy (non-hydrogen) atoms. The largest absolute Gasteiger partial charge is 0.484 e. The van der Waals surface area contributed by atoms with E-state index in [0.29, 0.717) is 25.4 Å². The summed E-state index contributed by atoms with van der Waals surface area (Å²) in [5.74, 6) is -0.573.